The van der Waals surface area contributed by atoms with Crippen LogP contribution in [0.25, 0.3) is 11.1 Å². The quantitative estimate of drug-likeness (QED) is 0.691. The number of rotatable bonds is 5. The van der Waals surface area contributed by atoms with Crippen molar-refractivity contribution >= 4 is 0 Å². The number of benzene rings is 2. The van der Waals surface area contributed by atoms with Crippen LogP contribution in [0.1, 0.15) is 50.7 Å². The third kappa shape index (κ3) is 4.71. The number of likely N-dealkylation sites (tertiary alicyclic amines) is 1. The summed E-state index contributed by atoms with van der Waals surface area (Å²) in [6.07, 6.45) is -3.46. The second-order valence-corrected chi connectivity index (χ2v) is 8.70. The molecule has 0 spiro atoms. The van der Waals surface area contributed by atoms with Gasteiger partial charge in [0.25, 0.3) is 0 Å². The number of halogens is 3. The summed E-state index contributed by atoms with van der Waals surface area (Å²) in [5.74, 6) is 0.168. The Hall–Kier alpha value is -1.89. The molecule has 0 saturated carbocycles. The zero-order valence-electron chi connectivity index (χ0n) is 17.7. The summed E-state index contributed by atoms with van der Waals surface area (Å²) < 4.78 is 38.7. The maximum atomic E-state index is 12.9. The van der Waals surface area contributed by atoms with Gasteiger partial charge in [-0.25, -0.2) is 0 Å². The summed E-state index contributed by atoms with van der Waals surface area (Å²) in [7, 11) is 0. The third-order valence-corrected chi connectivity index (χ3v) is 6.51. The van der Waals surface area contributed by atoms with E-state index in [1.807, 2.05) is 36.1 Å². The average molecular weight is 422 g/mol. The van der Waals surface area contributed by atoms with Crippen LogP contribution in [-0.4, -0.2) is 40.0 Å². The fourth-order valence-corrected chi connectivity index (χ4v) is 4.16. The Balaban J connectivity index is 1.88. The minimum absolute atomic E-state index is 0.439. The van der Waals surface area contributed by atoms with Gasteiger partial charge in [0.2, 0.25) is 0 Å². The fraction of sp³-hybridized carbons (Fsp3) is 0.500. The molecule has 3 nitrogen and oxygen atoms in total. The molecule has 0 amide bonds. The third-order valence-electron chi connectivity index (χ3n) is 6.51. The molecule has 2 N–H and O–H groups in total. The largest absolute Gasteiger partial charge is 0.416 e. The van der Waals surface area contributed by atoms with E-state index in [-0.39, 0.29) is 0 Å². The molecule has 1 fully saturated rings. The molecule has 0 bridgehead atoms. The Morgan fingerprint density at radius 2 is 1.57 bits per heavy atom. The molecule has 0 radical (unpaired) electrons. The highest BCUT2D eigenvalue weighted by Crippen LogP contribution is 2.39. The van der Waals surface area contributed by atoms with Crippen molar-refractivity contribution in [2.24, 2.45) is 5.92 Å². The van der Waals surface area contributed by atoms with Crippen LogP contribution in [-0.2, 0) is 6.18 Å². The molecule has 164 valence electrons. The molecule has 2 aromatic rings. The van der Waals surface area contributed by atoms with Crippen LogP contribution in [0.2, 0.25) is 0 Å². The normalized spacial score (nSPS) is 20.5. The highest BCUT2D eigenvalue weighted by Gasteiger charge is 2.42. The topological polar surface area (TPSA) is 43.7 Å². The molecule has 3 atom stereocenters. The second-order valence-electron chi connectivity index (χ2n) is 8.70. The molecular weight excluding hydrogens is 391 g/mol. The van der Waals surface area contributed by atoms with Crippen molar-refractivity contribution in [3.63, 3.8) is 0 Å². The van der Waals surface area contributed by atoms with E-state index < -0.39 is 29.5 Å². The standard InChI is InChI=1S/C24H30F3NO2/c1-16-12-14-28(15-13-16)22(29)23(3,30)17(2)20-6-4-5-7-21(20)18-8-10-19(11-9-18)24(25,26)27/h4-11,16-17,22,29-30H,12-15H2,1-3H3. The van der Waals surface area contributed by atoms with E-state index >= 15 is 0 Å². The van der Waals surface area contributed by atoms with Crippen LogP contribution < -0.4 is 0 Å². The minimum atomic E-state index is -4.38. The molecule has 1 aliphatic rings. The van der Waals surface area contributed by atoms with E-state index in [1.54, 1.807) is 6.92 Å². The van der Waals surface area contributed by atoms with Gasteiger partial charge in [-0.1, -0.05) is 50.2 Å². The highest BCUT2D eigenvalue weighted by atomic mass is 19.4. The van der Waals surface area contributed by atoms with E-state index in [4.69, 9.17) is 0 Å². The second kappa shape index (κ2) is 8.69. The number of aliphatic hydroxyl groups is 2. The smallest absolute Gasteiger partial charge is 0.385 e. The molecule has 6 heteroatoms. The summed E-state index contributed by atoms with van der Waals surface area (Å²) in [4.78, 5) is 1.91. The van der Waals surface area contributed by atoms with Gasteiger partial charge in [0.15, 0.2) is 0 Å². The van der Waals surface area contributed by atoms with Gasteiger partial charge in [-0.15, -0.1) is 0 Å². The number of piperidine rings is 1. The Kier molecular flexibility index (Phi) is 6.60. The molecule has 0 aliphatic carbocycles. The van der Waals surface area contributed by atoms with E-state index in [1.165, 1.54) is 12.1 Å². The zero-order chi connectivity index (χ0) is 22.1. The van der Waals surface area contributed by atoms with Crippen LogP contribution in [0.15, 0.2) is 48.5 Å². The minimum Gasteiger partial charge on any atom is -0.385 e. The van der Waals surface area contributed by atoms with E-state index in [0.29, 0.717) is 11.5 Å². The van der Waals surface area contributed by atoms with E-state index in [2.05, 4.69) is 6.92 Å². The van der Waals surface area contributed by atoms with Crippen molar-refractivity contribution in [2.75, 3.05) is 13.1 Å². The summed E-state index contributed by atoms with van der Waals surface area (Å²) >= 11 is 0. The van der Waals surface area contributed by atoms with Gasteiger partial charge in [-0.2, -0.15) is 13.2 Å². The van der Waals surface area contributed by atoms with Crippen LogP contribution in [0.3, 0.4) is 0 Å². The van der Waals surface area contributed by atoms with Gasteiger partial charge >= 0.3 is 6.18 Å². The van der Waals surface area contributed by atoms with Crippen molar-refractivity contribution in [1.29, 1.82) is 0 Å². The first-order chi connectivity index (χ1) is 14.0. The van der Waals surface area contributed by atoms with Crippen molar-refractivity contribution in [1.82, 2.24) is 4.90 Å². The van der Waals surface area contributed by atoms with Crippen molar-refractivity contribution < 1.29 is 23.4 Å². The zero-order valence-corrected chi connectivity index (χ0v) is 17.7. The number of alkyl halides is 3. The number of hydrogen-bond donors (Lipinski definition) is 2. The van der Waals surface area contributed by atoms with Gasteiger partial charge in [0.1, 0.15) is 11.8 Å². The molecular formula is C24H30F3NO2. The van der Waals surface area contributed by atoms with Crippen molar-refractivity contribution in [2.45, 2.75) is 57.5 Å². The maximum Gasteiger partial charge on any atom is 0.416 e. The SMILES string of the molecule is CC1CCN(C(O)C(C)(O)C(C)c2ccccc2-c2ccc(C(F)(F)F)cc2)CC1. The number of aliphatic hydroxyl groups excluding tert-OH is 1. The first-order valence-electron chi connectivity index (χ1n) is 10.4. The molecule has 3 rings (SSSR count). The van der Waals surface area contributed by atoms with Gasteiger partial charge < -0.3 is 10.2 Å². The van der Waals surface area contributed by atoms with Gasteiger partial charge in [-0.3, -0.25) is 4.90 Å². The Morgan fingerprint density at radius 1 is 1.00 bits per heavy atom. The van der Waals surface area contributed by atoms with Crippen molar-refractivity contribution in [3.8, 4) is 11.1 Å². The molecule has 3 unspecified atom stereocenters. The summed E-state index contributed by atoms with van der Waals surface area (Å²) in [5, 5.41) is 22.3. The molecule has 1 aliphatic heterocycles. The molecule has 0 aromatic heterocycles. The first kappa shape index (κ1) is 22.8. The average Bonchev–Trinajstić information content (AvgIpc) is 2.72. The number of hydrogen-bond acceptors (Lipinski definition) is 3. The highest BCUT2D eigenvalue weighted by molar-refractivity contribution is 5.68. The first-order valence-corrected chi connectivity index (χ1v) is 10.4. The molecule has 1 heterocycles. The predicted octanol–water partition coefficient (Wildman–Crippen LogP) is 5.28. The molecule has 2 aromatic carbocycles. The monoisotopic (exact) mass is 421 g/mol. The lowest BCUT2D eigenvalue weighted by Gasteiger charge is -2.43. The summed E-state index contributed by atoms with van der Waals surface area (Å²) in [5.41, 5.74) is 0.0500. The number of nitrogens with zero attached hydrogens (tertiary/aromatic N) is 1. The van der Waals surface area contributed by atoms with E-state index in [0.717, 1.165) is 49.2 Å². The lowest BCUT2D eigenvalue weighted by molar-refractivity contribution is -0.156. The van der Waals surface area contributed by atoms with Gasteiger partial charge in [-0.05, 0) is 54.5 Å². The lowest BCUT2D eigenvalue weighted by atomic mass is 9.79. The van der Waals surface area contributed by atoms with Gasteiger partial charge in [0.05, 0.1) is 5.56 Å². The fourth-order valence-electron chi connectivity index (χ4n) is 4.16. The van der Waals surface area contributed by atoms with Crippen molar-refractivity contribution in [3.05, 3.63) is 59.7 Å². The van der Waals surface area contributed by atoms with Gasteiger partial charge in [0, 0.05) is 19.0 Å². The van der Waals surface area contributed by atoms with E-state index in [9.17, 15) is 23.4 Å². The Morgan fingerprint density at radius 3 is 2.13 bits per heavy atom. The molecule has 1 saturated heterocycles. The lowest BCUT2D eigenvalue weighted by Crippen LogP contribution is -2.55. The van der Waals surface area contributed by atoms with Crippen LogP contribution in [0, 0.1) is 5.92 Å². The predicted molar refractivity (Wildman–Crippen MR) is 112 cm³/mol. The van der Waals surface area contributed by atoms with Crippen LogP contribution >= 0.6 is 0 Å². The van der Waals surface area contributed by atoms with Crippen LogP contribution in [0.5, 0.6) is 0 Å². The summed E-state index contributed by atoms with van der Waals surface area (Å²) in [6, 6.07) is 12.4. The maximum absolute atomic E-state index is 12.9. The summed E-state index contributed by atoms with van der Waals surface area (Å²) in [6.45, 7) is 7.12. The van der Waals surface area contributed by atoms with Crippen LogP contribution in [0.4, 0.5) is 13.2 Å². The Labute approximate surface area is 176 Å². The Bertz CT molecular complexity index is 840. The molecule has 30 heavy (non-hydrogen) atoms.